The van der Waals surface area contributed by atoms with Crippen LogP contribution in [0.4, 0.5) is 0 Å². The number of esters is 1. The fourth-order valence-electron chi connectivity index (χ4n) is 2.23. The van der Waals surface area contributed by atoms with Crippen molar-refractivity contribution in [3.63, 3.8) is 0 Å². The summed E-state index contributed by atoms with van der Waals surface area (Å²) in [5.74, 6) is 0.599. The van der Waals surface area contributed by atoms with E-state index in [0.29, 0.717) is 18.0 Å². The van der Waals surface area contributed by atoms with Gasteiger partial charge in [0.1, 0.15) is 17.9 Å². The fraction of sp³-hybridized carbons (Fsp3) is 0.500. The summed E-state index contributed by atoms with van der Waals surface area (Å²) in [6.07, 6.45) is 1.46. The lowest BCUT2D eigenvalue weighted by atomic mass is 10.1. The second-order valence-corrected chi connectivity index (χ2v) is 5.00. The van der Waals surface area contributed by atoms with E-state index in [-0.39, 0.29) is 18.1 Å². The summed E-state index contributed by atoms with van der Waals surface area (Å²) >= 11 is 5.97. The highest BCUT2D eigenvalue weighted by Crippen LogP contribution is 2.26. The van der Waals surface area contributed by atoms with Crippen molar-refractivity contribution in [2.75, 3.05) is 13.7 Å². The highest BCUT2D eigenvalue weighted by Gasteiger charge is 2.31. The van der Waals surface area contributed by atoms with Gasteiger partial charge in [0, 0.05) is 18.0 Å². The summed E-state index contributed by atoms with van der Waals surface area (Å²) in [4.78, 5) is 11.4. The van der Waals surface area contributed by atoms with E-state index in [1.165, 1.54) is 7.11 Å². The first-order chi connectivity index (χ1) is 9.13. The summed E-state index contributed by atoms with van der Waals surface area (Å²) in [5.41, 5.74) is 1.08. The number of hydrogen-bond acceptors (Lipinski definition) is 4. The van der Waals surface area contributed by atoms with E-state index >= 15 is 0 Å². The number of aryl methyl sites for hydroxylation is 1. The molecule has 0 unspecified atom stereocenters. The third kappa shape index (κ3) is 3.39. The van der Waals surface area contributed by atoms with E-state index < -0.39 is 0 Å². The van der Waals surface area contributed by atoms with Gasteiger partial charge in [-0.2, -0.15) is 0 Å². The molecule has 1 saturated heterocycles. The molecule has 4 nitrogen and oxygen atoms in total. The van der Waals surface area contributed by atoms with Gasteiger partial charge in [0.05, 0.1) is 7.11 Å². The maximum atomic E-state index is 11.4. The zero-order chi connectivity index (χ0) is 13.8. The lowest BCUT2D eigenvalue weighted by Gasteiger charge is -2.16. The predicted octanol–water partition coefficient (Wildman–Crippen LogP) is 2.18. The smallest absolute Gasteiger partial charge is 0.323 e. The average molecular weight is 284 g/mol. The Morgan fingerprint density at radius 2 is 2.32 bits per heavy atom. The zero-order valence-electron chi connectivity index (χ0n) is 11.1. The van der Waals surface area contributed by atoms with Crippen LogP contribution in [0.3, 0.4) is 0 Å². The van der Waals surface area contributed by atoms with Crippen LogP contribution in [0.2, 0.25) is 5.02 Å². The maximum absolute atomic E-state index is 11.4. The maximum Gasteiger partial charge on any atom is 0.323 e. The van der Waals surface area contributed by atoms with Crippen LogP contribution in [-0.4, -0.2) is 31.8 Å². The molecule has 0 aliphatic carbocycles. The molecule has 1 N–H and O–H groups in total. The van der Waals surface area contributed by atoms with Crippen molar-refractivity contribution < 1.29 is 14.3 Å². The molecule has 1 aliphatic rings. The number of benzene rings is 1. The van der Waals surface area contributed by atoms with Crippen molar-refractivity contribution in [2.24, 2.45) is 0 Å². The molecule has 0 amide bonds. The summed E-state index contributed by atoms with van der Waals surface area (Å²) in [5, 5.41) is 3.81. The van der Waals surface area contributed by atoms with Gasteiger partial charge in [0.2, 0.25) is 0 Å². The van der Waals surface area contributed by atoms with Crippen LogP contribution in [-0.2, 0) is 16.0 Å². The number of methoxy groups -OCH3 is 1. The van der Waals surface area contributed by atoms with E-state index in [1.54, 1.807) is 0 Å². The SMILES string of the molecule is CCc1cc(Cl)ccc1O[C@@H]1CN[C@H](C(=O)OC)C1. The lowest BCUT2D eigenvalue weighted by Crippen LogP contribution is -2.31. The Labute approximate surface area is 118 Å². The molecule has 2 atom stereocenters. The fourth-order valence-corrected chi connectivity index (χ4v) is 2.43. The molecule has 1 fully saturated rings. The second kappa shape index (κ2) is 6.26. The summed E-state index contributed by atoms with van der Waals surface area (Å²) in [6.45, 7) is 2.70. The molecule has 5 heteroatoms. The highest BCUT2D eigenvalue weighted by atomic mass is 35.5. The van der Waals surface area contributed by atoms with Crippen LogP contribution in [0.25, 0.3) is 0 Å². The standard InChI is InChI=1S/C14H18ClNO3/c1-3-9-6-10(15)4-5-13(9)19-11-7-12(16-8-11)14(17)18-2/h4-6,11-12,16H,3,7-8H2,1-2H3/t11-,12-/m0/s1. The molecule has 0 radical (unpaired) electrons. The molecule has 1 aliphatic heterocycles. The van der Waals surface area contributed by atoms with Gasteiger partial charge in [-0.3, -0.25) is 4.79 Å². The number of rotatable bonds is 4. The first-order valence-electron chi connectivity index (χ1n) is 6.40. The molecule has 0 spiro atoms. The minimum Gasteiger partial charge on any atom is -0.489 e. The topological polar surface area (TPSA) is 47.6 Å². The molecule has 104 valence electrons. The lowest BCUT2D eigenvalue weighted by molar-refractivity contribution is -0.142. The molecule has 1 heterocycles. The van der Waals surface area contributed by atoms with Gasteiger partial charge in [-0.25, -0.2) is 0 Å². The van der Waals surface area contributed by atoms with Gasteiger partial charge in [-0.05, 0) is 30.2 Å². The first kappa shape index (κ1) is 14.2. The number of carbonyl (C=O) groups is 1. The normalized spacial score (nSPS) is 22.3. The van der Waals surface area contributed by atoms with Crippen LogP contribution < -0.4 is 10.1 Å². The molecular weight excluding hydrogens is 266 g/mol. The van der Waals surface area contributed by atoms with Crippen molar-refractivity contribution in [1.82, 2.24) is 5.32 Å². The molecule has 0 saturated carbocycles. The Morgan fingerprint density at radius 1 is 1.53 bits per heavy atom. The van der Waals surface area contributed by atoms with Gasteiger partial charge in [-0.15, -0.1) is 0 Å². The summed E-state index contributed by atoms with van der Waals surface area (Å²) < 4.78 is 10.7. The third-order valence-corrected chi connectivity index (χ3v) is 3.51. The molecular formula is C14H18ClNO3. The molecule has 2 rings (SSSR count). The van der Waals surface area contributed by atoms with Crippen LogP contribution in [0.15, 0.2) is 18.2 Å². The van der Waals surface area contributed by atoms with Crippen LogP contribution in [0, 0.1) is 0 Å². The Hall–Kier alpha value is -1.26. The largest absolute Gasteiger partial charge is 0.489 e. The summed E-state index contributed by atoms with van der Waals surface area (Å²) in [6, 6.07) is 5.34. The number of nitrogens with one attached hydrogen (secondary N) is 1. The minimum atomic E-state index is -0.271. The van der Waals surface area contributed by atoms with E-state index in [9.17, 15) is 4.79 Å². The van der Waals surface area contributed by atoms with Crippen molar-refractivity contribution in [3.05, 3.63) is 28.8 Å². The Balaban J connectivity index is 2.01. The molecule has 0 aromatic heterocycles. The van der Waals surface area contributed by atoms with E-state index in [1.807, 2.05) is 18.2 Å². The van der Waals surface area contributed by atoms with Crippen LogP contribution in [0.5, 0.6) is 5.75 Å². The van der Waals surface area contributed by atoms with Gasteiger partial charge >= 0.3 is 5.97 Å². The monoisotopic (exact) mass is 283 g/mol. The van der Waals surface area contributed by atoms with Crippen molar-refractivity contribution >= 4 is 17.6 Å². The number of hydrogen-bond donors (Lipinski definition) is 1. The number of ether oxygens (including phenoxy) is 2. The Morgan fingerprint density at radius 3 is 3.00 bits per heavy atom. The molecule has 1 aromatic rings. The van der Waals surface area contributed by atoms with Gasteiger partial charge in [0.15, 0.2) is 0 Å². The van der Waals surface area contributed by atoms with Gasteiger partial charge in [-0.1, -0.05) is 18.5 Å². The van der Waals surface area contributed by atoms with Crippen LogP contribution >= 0.6 is 11.6 Å². The quantitative estimate of drug-likeness (QED) is 0.861. The van der Waals surface area contributed by atoms with E-state index in [0.717, 1.165) is 17.7 Å². The molecule has 1 aromatic carbocycles. The van der Waals surface area contributed by atoms with E-state index in [4.69, 9.17) is 21.1 Å². The first-order valence-corrected chi connectivity index (χ1v) is 6.78. The predicted molar refractivity (Wildman–Crippen MR) is 73.7 cm³/mol. The van der Waals surface area contributed by atoms with Crippen LogP contribution in [0.1, 0.15) is 18.9 Å². The zero-order valence-corrected chi connectivity index (χ0v) is 11.9. The van der Waals surface area contributed by atoms with E-state index in [2.05, 4.69) is 12.2 Å². The van der Waals surface area contributed by atoms with Crippen molar-refractivity contribution in [3.8, 4) is 5.75 Å². The second-order valence-electron chi connectivity index (χ2n) is 4.57. The number of carbonyl (C=O) groups excluding carboxylic acids is 1. The summed E-state index contributed by atoms with van der Waals surface area (Å²) in [7, 11) is 1.40. The van der Waals surface area contributed by atoms with Gasteiger partial charge < -0.3 is 14.8 Å². The van der Waals surface area contributed by atoms with Crippen molar-refractivity contribution in [1.29, 1.82) is 0 Å². The third-order valence-electron chi connectivity index (χ3n) is 3.27. The van der Waals surface area contributed by atoms with Gasteiger partial charge in [0.25, 0.3) is 0 Å². The molecule has 19 heavy (non-hydrogen) atoms. The highest BCUT2D eigenvalue weighted by molar-refractivity contribution is 6.30. The Kier molecular flexibility index (Phi) is 4.66. The molecule has 0 bridgehead atoms. The Bertz CT molecular complexity index is 464. The van der Waals surface area contributed by atoms with Crippen molar-refractivity contribution in [2.45, 2.75) is 31.9 Å². The average Bonchev–Trinajstić information content (AvgIpc) is 2.88. The number of halogens is 1. The minimum absolute atomic E-state index is 0.0180.